The maximum absolute atomic E-state index is 11.0. The minimum absolute atomic E-state index is 0.143. The smallest absolute Gasteiger partial charge is 0.346 e. The van der Waals surface area contributed by atoms with Crippen molar-refractivity contribution in [1.82, 2.24) is 0 Å². The predicted molar refractivity (Wildman–Crippen MR) is 67.8 cm³/mol. The number of hydrogen-bond donors (Lipinski definition) is 2. The van der Waals surface area contributed by atoms with E-state index in [1.165, 1.54) is 18.3 Å². The van der Waals surface area contributed by atoms with Gasteiger partial charge in [-0.3, -0.25) is 4.79 Å². The van der Waals surface area contributed by atoms with E-state index in [9.17, 15) is 9.59 Å². The summed E-state index contributed by atoms with van der Waals surface area (Å²) in [5.74, 6) is -1.06. The number of aryl methyl sites for hydroxylation is 1. The van der Waals surface area contributed by atoms with Gasteiger partial charge in [-0.1, -0.05) is 0 Å². The SMILES string of the molecule is CC(=O)Nc1ccc2sc(C(=O)O)c(C)c2c1. The molecule has 0 aliphatic heterocycles. The van der Waals surface area contributed by atoms with Crippen molar-refractivity contribution in [1.29, 1.82) is 0 Å². The summed E-state index contributed by atoms with van der Waals surface area (Å²) in [6, 6.07) is 5.39. The molecule has 0 saturated heterocycles. The highest BCUT2D eigenvalue weighted by atomic mass is 32.1. The number of carboxylic acids is 1. The van der Waals surface area contributed by atoms with E-state index >= 15 is 0 Å². The summed E-state index contributed by atoms with van der Waals surface area (Å²) in [7, 11) is 0. The molecule has 0 atom stereocenters. The van der Waals surface area contributed by atoms with Crippen LogP contribution in [0, 0.1) is 6.92 Å². The van der Waals surface area contributed by atoms with Gasteiger partial charge >= 0.3 is 5.97 Å². The van der Waals surface area contributed by atoms with Crippen LogP contribution in [0.25, 0.3) is 10.1 Å². The van der Waals surface area contributed by atoms with Gasteiger partial charge in [-0.2, -0.15) is 0 Å². The van der Waals surface area contributed by atoms with Crippen LogP contribution in [0.5, 0.6) is 0 Å². The zero-order valence-corrected chi connectivity index (χ0v) is 10.2. The Morgan fingerprint density at radius 2 is 2.06 bits per heavy atom. The first-order valence-electron chi connectivity index (χ1n) is 5.03. The van der Waals surface area contributed by atoms with E-state index in [1.807, 2.05) is 6.07 Å². The lowest BCUT2D eigenvalue weighted by Gasteiger charge is -2.01. The number of benzene rings is 1. The predicted octanol–water partition coefficient (Wildman–Crippen LogP) is 2.87. The molecule has 2 rings (SSSR count). The molecule has 0 radical (unpaired) electrons. The van der Waals surface area contributed by atoms with Crippen molar-refractivity contribution >= 4 is 39.0 Å². The molecule has 0 fully saturated rings. The van der Waals surface area contributed by atoms with Crippen LogP contribution in [-0.4, -0.2) is 17.0 Å². The third-order valence-corrected chi connectivity index (χ3v) is 3.71. The largest absolute Gasteiger partial charge is 0.477 e. The van der Waals surface area contributed by atoms with Crippen LogP contribution in [0.2, 0.25) is 0 Å². The van der Waals surface area contributed by atoms with Gasteiger partial charge in [-0.05, 0) is 36.1 Å². The molecule has 0 bridgehead atoms. The van der Waals surface area contributed by atoms with Crippen LogP contribution in [0.1, 0.15) is 22.2 Å². The van der Waals surface area contributed by atoms with Crippen LogP contribution in [0.15, 0.2) is 18.2 Å². The molecule has 1 amide bonds. The fourth-order valence-electron chi connectivity index (χ4n) is 1.71. The van der Waals surface area contributed by atoms with Gasteiger partial charge in [0.05, 0.1) is 0 Å². The van der Waals surface area contributed by atoms with E-state index in [0.29, 0.717) is 10.6 Å². The van der Waals surface area contributed by atoms with Crippen LogP contribution in [-0.2, 0) is 4.79 Å². The van der Waals surface area contributed by atoms with Crippen molar-refractivity contribution in [3.05, 3.63) is 28.6 Å². The fraction of sp³-hybridized carbons (Fsp3) is 0.167. The van der Waals surface area contributed by atoms with E-state index in [0.717, 1.165) is 15.6 Å². The number of nitrogens with one attached hydrogen (secondary N) is 1. The zero-order valence-electron chi connectivity index (χ0n) is 9.40. The number of carbonyl (C=O) groups excluding carboxylic acids is 1. The quantitative estimate of drug-likeness (QED) is 0.860. The van der Waals surface area contributed by atoms with Gasteiger partial charge < -0.3 is 10.4 Å². The highest BCUT2D eigenvalue weighted by Gasteiger charge is 2.14. The van der Waals surface area contributed by atoms with Crippen LogP contribution in [0.3, 0.4) is 0 Å². The van der Waals surface area contributed by atoms with Crippen molar-refractivity contribution in [2.24, 2.45) is 0 Å². The highest BCUT2D eigenvalue weighted by molar-refractivity contribution is 7.21. The third-order valence-electron chi connectivity index (χ3n) is 2.45. The van der Waals surface area contributed by atoms with E-state index < -0.39 is 5.97 Å². The van der Waals surface area contributed by atoms with Crippen molar-refractivity contribution in [2.45, 2.75) is 13.8 Å². The minimum atomic E-state index is -0.912. The number of thiophene rings is 1. The molecule has 0 unspecified atom stereocenters. The molecule has 4 nitrogen and oxygen atoms in total. The first kappa shape index (κ1) is 11.6. The Morgan fingerprint density at radius 3 is 2.65 bits per heavy atom. The van der Waals surface area contributed by atoms with Crippen LogP contribution < -0.4 is 5.32 Å². The molecule has 5 heteroatoms. The summed E-state index contributed by atoms with van der Waals surface area (Å²) in [6.07, 6.45) is 0. The standard InChI is InChI=1S/C12H11NO3S/c1-6-9-5-8(13-7(2)14)3-4-10(9)17-11(6)12(15)16/h3-5H,1-2H3,(H,13,14)(H,15,16). The Kier molecular flexibility index (Phi) is 2.85. The van der Waals surface area contributed by atoms with Gasteiger partial charge in [-0.25, -0.2) is 4.79 Å². The monoisotopic (exact) mass is 249 g/mol. The minimum Gasteiger partial charge on any atom is -0.477 e. The van der Waals surface area contributed by atoms with Gasteiger partial charge in [-0.15, -0.1) is 11.3 Å². The van der Waals surface area contributed by atoms with Gasteiger partial charge in [0.2, 0.25) is 5.91 Å². The van der Waals surface area contributed by atoms with E-state index in [-0.39, 0.29) is 5.91 Å². The second-order valence-electron chi connectivity index (χ2n) is 3.75. The van der Waals surface area contributed by atoms with Crippen molar-refractivity contribution < 1.29 is 14.7 Å². The molecule has 1 aromatic carbocycles. The zero-order chi connectivity index (χ0) is 12.6. The van der Waals surface area contributed by atoms with Crippen molar-refractivity contribution in [3.8, 4) is 0 Å². The van der Waals surface area contributed by atoms with Gasteiger partial charge in [0.15, 0.2) is 0 Å². The Morgan fingerprint density at radius 1 is 1.35 bits per heavy atom. The lowest BCUT2D eigenvalue weighted by Crippen LogP contribution is -2.05. The second-order valence-corrected chi connectivity index (χ2v) is 4.81. The molecule has 0 aliphatic carbocycles. The maximum Gasteiger partial charge on any atom is 0.346 e. The topological polar surface area (TPSA) is 66.4 Å². The molecule has 0 saturated carbocycles. The number of carbonyl (C=O) groups is 2. The molecular weight excluding hydrogens is 238 g/mol. The molecule has 1 aromatic heterocycles. The Bertz CT molecular complexity index is 615. The molecule has 0 spiro atoms. The Labute approximate surface area is 102 Å². The second kappa shape index (κ2) is 4.18. The van der Waals surface area contributed by atoms with Crippen molar-refractivity contribution in [2.75, 3.05) is 5.32 Å². The van der Waals surface area contributed by atoms with Crippen LogP contribution >= 0.6 is 11.3 Å². The number of anilines is 1. The van der Waals surface area contributed by atoms with Gasteiger partial charge in [0.1, 0.15) is 4.88 Å². The number of aromatic carboxylic acids is 1. The molecule has 17 heavy (non-hydrogen) atoms. The first-order valence-corrected chi connectivity index (χ1v) is 5.84. The molecular formula is C12H11NO3S. The summed E-state index contributed by atoms with van der Waals surface area (Å²) >= 11 is 1.25. The molecule has 2 aromatic rings. The fourth-order valence-corrected chi connectivity index (χ4v) is 2.73. The number of rotatable bonds is 2. The third kappa shape index (κ3) is 2.14. The lowest BCUT2D eigenvalue weighted by molar-refractivity contribution is -0.114. The average Bonchev–Trinajstić information content (AvgIpc) is 2.56. The molecule has 88 valence electrons. The van der Waals surface area contributed by atoms with Gasteiger partial charge in [0.25, 0.3) is 0 Å². The summed E-state index contributed by atoms with van der Waals surface area (Å²) < 4.78 is 0.911. The summed E-state index contributed by atoms with van der Waals surface area (Å²) in [6.45, 7) is 3.22. The van der Waals surface area contributed by atoms with Gasteiger partial charge in [0, 0.05) is 17.3 Å². The summed E-state index contributed by atoms with van der Waals surface area (Å²) in [4.78, 5) is 22.3. The van der Waals surface area contributed by atoms with E-state index in [4.69, 9.17) is 5.11 Å². The van der Waals surface area contributed by atoms with E-state index in [2.05, 4.69) is 5.32 Å². The Balaban J connectivity index is 2.57. The van der Waals surface area contributed by atoms with E-state index in [1.54, 1.807) is 19.1 Å². The normalized spacial score (nSPS) is 10.5. The number of fused-ring (bicyclic) bond motifs is 1. The molecule has 1 heterocycles. The maximum atomic E-state index is 11.0. The number of carboxylic acid groups (broad SMARTS) is 1. The highest BCUT2D eigenvalue weighted by Crippen LogP contribution is 2.32. The van der Waals surface area contributed by atoms with Crippen molar-refractivity contribution in [3.63, 3.8) is 0 Å². The molecule has 0 aliphatic rings. The number of amides is 1. The number of hydrogen-bond acceptors (Lipinski definition) is 3. The lowest BCUT2D eigenvalue weighted by atomic mass is 10.1. The summed E-state index contributed by atoms with van der Waals surface area (Å²) in [5, 5.41) is 12.6. The van der Waals surface area contributed by atoms with Crippen LogP contribution in [0.4, 0.5) is 5.69 Å². The first-order chi connectivity index (χ1) is 7.99. The average molecular weight is 249 g/mol. The molecule has 2 N–H and O–H groups in total. The summed E-state index contributed by atoms with van der Waals surface area (Å²) in [5.41, 5.74) is 1.42. The Hall–Kier alpha value is -1.88.